The van der Waals surface area contributed by atoms with Gasteiger partial charge in [0, 0.05) is 11.6 Å². The highest BCUT2D eigenvalue weighted by molar-refractivity contribution is 7.98. The fourth-order valence-corrected chi connectivity index (χ4v) is 4.26. The first-order valence-electron chi connectivity index (χ1n) is 8.49. The summed E-state index contributed by atoms with van der Waals surface area (Å²) in [4.78, 5) is 17.2. The molecule has 2 heterocycles. The molecule has 0 aliphatic carbocycles. The number of carbonyl (C=O) groups is 1. The maximum atomic E-state index is 12.8. The number of benzene rings is 1. The molecular formula is C18H21N5OS2. The van der Waals surface area contributed by atoms with Gasteiger partial charge in [0.05, 0.1) is 6.20 Å². The van der Waals surface area contributed by atoms with Crippen molar-refractivity contribution in [2.75, 3.05) is 11.6 Å². The Morgan fingerprint density at radius 1 is 1.23 bits per heavy atom. The van der Waals surface area contributed by atoms with Gasteiger partial charge in [-0.1, -0.05) is 55.1 Å². The maximum Gasteiger partial charge on any atom is 0.276 e. The van der Waals surface area contributed by atoms with Gasteiger partial charge in [-0.15, -0.1) is 10.2 Å². The quantitative estimate of drug-likeness (QED) is 0.600. The topological polar surface area (TPSA) is 72.7 Å². The summed E-state index contributed by atoms with van der Waals surface area (Å²) in [6.07, 6.45) is 5.56. The van der Waals surface area contributed by atoms with Gasteiger partial charge in [-0.3, -0.25) is 14.7 Å². The third-order valence-electron chi connectivity index (χ3n) is 4.16. The Hall–Kier alpha value is -2.19. The van der Waals surface area contributed by atoms with E-state index in [9.17, 15) is 4.79 Å². The number of aromatic nitrogens is 4. The van der Waals surface area contributed by atoms with Crippen LogP contribution in [0.3, 0.4) is 0 Å². The molecule has 8 heteroatoms. The number of nitrogens with zero attached hydrogens (tertiary/aromatic N) is 4. The number of carbonyl (C=O) groups excluding carboxylic acids is 1. The molecule has 0 aliphatic rings. The number of imidazole rings is 1. The van der Waals surface area contributed by atoms with Gasteiger partial charge in [0.2, 0.25) is 5.13 Å². The van der Waals surface area contributed by atoms with Crippen LogP contribution >= 0.6 is 23.1 Å². The summed E-state index contributed by atoms with van der Waals surface area (Å²) in [6, 6.07) is 9.73. The maximum absolute atomic E-state index is 12.8. The van der Waals surface area contributed by atoms with Crippen molar-refractivity contribution in [2.45, 2.75) is 37.8 Å². The average Bonchev–Trinajstić information content (AvgIpc) is 3.30. The molecule has 0 spiro atoms. The number of thioether (sulfide) groups is 1. The Bertz CT molecular complexity index is 871. The van der Waals surface area contributed by atoms with Crippen LogP contribution in [0.15, 0.2) is 41.7 Å². The van der Waals surface area contributed by atoms with E-state index in [2.05, 4.69) is 34.3 Å². The van der Waals surface area contributed by atoms with Gasteiger partial charge in [0.25, 0.3) is 5.91 Å². The normalized spacial score (nSPS) is 11.1. The lowest BCUT2D eigenvalue weighted by molar-refractivity contribution is 0.102. The monoisotopic (exact) mass is 387 g/mol. The second-order valence-electron chi connectivity index (χ2n) is 5.71. The van der Waals surface area contributed by atoms with Crippen molar-refractivity contribution >= 4 is 34.1 Å². The Balaban J connectivity index is 1.86. The molecule has 0 atom stereocenters. The first-order chi connectivity index (χ1) is 12.7. The van der Waals surface area contributed by atoms with Crippen molar-refractivity contribution in [3.8, 4) is 5.69 Å². The number of para-hydroxylation sites is 1. The van der Waals surface area contributed by atoms with E-state index in [-0.39, 0.29) is 5.91 Å². The number of rotatable bonds is 7. The molecule has 3 aromatic rings. The molecule has 136 valence electrons. The second-order valence-corrected chi connectivity index (χ2v) is 7.50. The summed E-state index contributed by atoms with van der Waals surface area (Å²) >= 11 is 2.93. The minimum absolute atomic E-state index is 0.242. The van der Waals surface area contributed by atoms with Crippen LogP contribution in [0.25, 0.3) is 5.69 Å². The average molecular weight is 388 g/mol. The van der Waals surface area contributed by atoms with Crippen LogP contribution in [0.4, 0.5) is 5.13 Å². The Labute approximate surface area is 161 Å². The lowest BCUT2D eigenvalue weighted by Gasteiger charge is -2.10. The van der Waals surface area contributed by atoms with E-state index in [0.29, 0.717) is 16.7 Å². The zero-order chi connectivity index (χ0) is 18.5. The van der Waals surface area contributed by atoms with Crippen LogP contribution in [-0.4, -0.2) is 31.9 Å². The van der Waals surface area contributed by atoms with Gasteiger partial charge in [-0.05, 0) is 31.2 Å². The van der Waals surface area contributed by atoms with Gasteiger partial charge in [0.1, 0.15) is 10.7 Å². The van der Waals surface area contributed by atoms with Crippen LogP contribution in [-0.2, 0) is 0 Å². The minimum atomic E-state index is -0.242. The first kappa shape index (κ1) is 18.6. The lowest BCUT2D eigenvalue weighted by atomic mass is 10.1. The molecule has 6 nitrogen and oxygen atoms in total. The molecule has 1 N–H and O–H groups in total. The molecule has 1 amide bonds. The SMILES string of the molecule is CCC(CC)c1nnc(NC(=O)c2cnc(SC)n2-c2ccccc2)s1. The third-order valence-corrected chi connectivity index (χ3v) is 5.81. The molecular weight excluding hydrogens is 366 g/mol. The molecule has 2 aromatic heterocycles. The van der Waals surface area contributed by atoms with Crippen LogP contribution < -0.4 is 5.32 Å². The smallest absolute Gasteiger partial charge is 0.276 e. The Morgan fingerprint density at radius 3 is 2.62 bits per heavy atom. The van der Waals surface area contributed by atoms with Crippen molar-refractivity contribution in [3.63, 3.8) is 0 Å². The van der Waals surface area contributed by atoms with E-state index in [1.165, 1.54) is 23.1 Å². The highest BCUT2D eigenvalue weighted by atomic mass is 32.2. The number of hydrogen-bond acceptors (Lipinski definition) is 6. The lowest BCUT2D eigenvalue weighted by Crippen LogP contribution is -2.16. The van der Waals surface area contributed by atoms with Crippen LogP contribution in [0.1, 0.15) is 48.1 Å². The largest absolute Gasteiger partial charge is 0.295 e. The van der Waals surface area contributed by atoms with Crippen molar-refractivity contribution in [3.05, 3.63) is 47.2 Å². The molecule has 0 aliphatic heterocycles. The Morgan fingerprint density at radius 2 is 1.96 bits per heavy atom. The molecule has 0 fully saturated rings. The van der Waals surface area contributed by atoms with Crippen molar-refractivity contribution in [1.82, 2.24) is 19.7 Å². The fourth-order valence-electron chi connectivity index (χ4n) is 2.71. The predicted molar refractivity (Wildman–Crippen MR) is 107 cm³/mol. The van der Waals surface area contributed by atoms with Crippen molar-refractivity contribution < 1.29 is 4.79 Å². The highest BCUT2D eigenvalue weighted by Crippen LogP contribution is 2.29. The summed E-state index contributed by atoms with van der Waals surface area (Å²) in [5, 5.41) is 13.5. The molecule has 0 radical (unpaired) electrons. The number of nitrogens with one attached hydrogen (secondary N) is 1. The van der Waals surface area contributed by atoms with E-state index in [4.69, 9.17) is 0 Å². The first-order valence-corrected chi connectivity index (χ1v) is 10.5. The second kappa shape index (κ2) is 8.46. The summed E-state index contributed by atoms with van der Waals surface area (Å²) in [5.74, 6) is 0.144. The molecule has 1 aromatic carbocycles. The van der Waals surface area contributed by atoms with Gasteiger partial charge < -0.3 is 0 Å². The van der Waals surface area contributed by atoms with E-state index in [1.54, 1.807) is 6.20 Å². The molecule has 0 bridgehead atoms. The number of hydrogen-bond donors (Lipinski definition) is 1. The van der Waals surface area contributed by atoms with Crippen molar-refractivity contribution in [1.29, 1.82) is 0 Å². The van der Waals surface area contributed by atoms with Crippen LogP contribution in [0.5, 0.6) is 0 Å². The molecule has 3 rings (SSSR count). The van der Waals surface area contributed by atoms with E-state index in [0.717, 1.165) is 28.7 Å². The van der Waals surface area contributed by atoms with Gasteiger partial charge in [-0.2, -0.15) is 0 Å². The van der Waals surface area contributed by atoms with Gasteiger partial charge in [0.15, 0.2) is 5.16 Å². The zero-order valence-electron chi connectivity index (χ0n) is 15.0. The third kappa shape index (κ3) is 3.81. The van der Waals surface area contributed by atoms with Gasteiger partial charge in [-0.25, -0.2) is 4.98 Å². The van der Waals surface area contributed by atoms with Crippen LogP contribution in [0.2, 0.25) is 0 Å². The summed E-state index contributed by atoms with van der Waals surface area (Å²) in [5.41, 5.74) is 1.37. The van der Waals surface area contributed by atoms with Crippen LogP contribution in [0, 0.1) is 0 Å². The minimum Gasteiger partial charge on any atom is -0.295 e. The molecule has 26 heavy (non-hydrogen) atoms. The number of anilines is 1. The molecule has 0 saturated heterocycles. The standard InChI is InChI=1S/C18H21N5OS2/c1-4-12(5-2)16-21-22-17(26-16)20-15(24)14-11-19-18(25-3)23(14)13-9-7-6-8-10-13/h6-12H,4-5H2,1-3H3,(H,20,22,24). The summed E-state index contributed by atoms with van der Waals surface area (Å²) < 4.78 is 1.85. The fraction of sp³-hybridized carbons (Fsp3) is 0.333. The van der Waals surface area contributed by atoms with E-state index < -0.39 is 0 Å². The summed E-state index contributed by atoms with van der Waals surface area (Å²) in [6.45, 7) is 4.27. The molecule has 0 unspecified atom stereocenters. The molecule has 0 saturated carbocycles. The predicted octanol–water partition coefficient (Wildman–Crippen LogP) is 4.60. The van der Waals surface area contributed by atoms with Gasteiger partial charge >= 0.3 is 0 Å². The van der Waals surface area contributed by atoms with E-state index in [1.807, 2.05) is 41.2 Å². The highest BCUT2D eigenvalue weighted by Gasteiger charge is 2.20. The zero-order valence-corrected chi connectivity index (χ0v) is 16.6. The Kier molecular flexibility index (Phi) is 6.05. The summed E-state index contributed by atoms with van der Waals surface area (Å²) in [7, 11) is 0. The van der Waals surface area contributed by atoms with Crippen molar-refractivity contribution in [2.24, 2.45) is 0 Å². The van der Waals surface area contributed by atoms with E-state index >= 15 is 0 Å². The number of amides is 1.